The van der Waals surface area contributed by atoms with Gasteiger partial charge in [0.1, 0.15) is 0 Å². The number of para-hydroxylation sites is 2. The molecule has 114 valence electrons. The third-order valence-electron chi connectivity index (χ3n) is 4.20. The highest BCUT2D eigenvalue weighted by atomic mass is 15.0. The van der Waals surface area contributed by atoms with Gasteiger partial charge in [-0.05, 0) is 31.2 Å². The van der Waals surface area contributed by atoms with Crippen molar-refractivity contribution >= 4 is 39.0 Å². The van der Waals surface area contributed by atoms with Gasteiger partial charge in [0.25, 0.3) is 0 Å². The molecule has 0 atom stereocenters. The second-order valence-electron chi connectivity index (χ2n) is 5.53. The number of nitrogens with two attached hydrogens (primary N) is 1. The summed E-state index contributed by atoms with van der Waals surface area (Å²) in [5.41, 5.74) is 10.1. The molecule has 0 aliphatic heterocycles. The van der Waals surface area contributed by atoms with Crippen LogP contribution < -0.4 is 11.1 Å². The standard InChI is InChI=1S/C19H18N4/c1-2-23-17-11-4-3-7-13(17)14-8-5-10-16(18(14)23)22-19-15(20)9-6-12-21-19/h3-12H,2,20H2,1H3,(H,21,22). The number of benzene rings is 2. The quantitative estimate of drug-likeness (QED) is 0.584. The first-order chi connectivity index (χ1) is 11.3. The Hall–Kier alpha value is -3.01. The molecular weight excluding hydrogens is 284 g/mol. The van der Waals surface area contributed by atoms with E-state index in [4.69, 9.17) is 5.73 Å². The second kappa shape index (κ2) is 5.32. The van der Waals surface area contributed by atoms with Crippen LogP contribution in [0.3, 0.4) is 0 Å². The smallest absolute Gasteiger partial charge is 0.153 e. The number of nitrogens with one attached hydrogen (secondary N) is 1. The number of rotatable bonds is 3. The fraction of sp³-hybridized carbons (Fsp3) is 0.105. The summed E-state index contributed by atoms with van der Waals surface area (Å²) < 4.78 is 2.33. The van der Waals surface area contributed by atoms with E-state index in [1.54, 1.807) is 6.20 Å². The van der Waals surface area contributed by atoms with E-state index in [-0.39, 0.29) is 0 Å². The summed E-state index contributed by atoms with van der Waals surface area (Å²) in [5.74, 6) is 0.688. The molecule has 0 saturated heterocycles. The van der Waals surface area contributed by atoms with Crippen LogP contribution in [0, 0.1) is 0 Å². The van der Waals surface area contributed by atoms with Gasteiger partial charge in [-0.15, -0.1) is 0 Å². The fourth-order valence-corrected chi connectivity index (χ4v) is 3.19. The molecule has 0 aliphatic carbocycles. The van der Waals surface area contributed by atoms with E-state index in [0.717, 1.165) is 12.2 Å². The summed E-state index contributed by atoms with van der Waals surface area (Å²) in [4.78, 5) is 4.34. The van der Waals surface area contributed by atoms with Crippen LogP contribution in [0.4, 0.5) is 17.2 Å². The molecule has 0 unspecified atom stereocenters. The molecule has 0 aliphatic rings. The minimum absolute atomic E-state index is 0.642. The monoisotopic (exact) mass is 302 g/mol. The average molecular weight is 302 g/mol. The summed E-state index contributed by atoms with van der Waals surface area (Å²) >= 11 is 0. The van der Waals surface area contributed by atoms with Crippen molar-refractivity contribution in [2.45, 2.75) is 13.5 Å². The lowest BCUT2D eigenvalue weighted by Crippen LogP contribution is -2.01. The molecule has 0 radical (unpaired) electrons. The van der Waals surface area contributed by atoms with Crippen molar-refractivity contribution in [1.82, 2.24) is 9.55 Å². The Morgan fingerprint density at radius 2 is 1.83 bits per heavy atom. The van der Waals surface area contributed by atoms with Gasteiger partial charge in [0, 0.05) is 29.0 Å². The zero-order chi connectivity index (χ0) is 15.8. The van der Waals surface area contributed by atoms with Crippen LogP contribution in [0.2, 0.25) is 0 Å². The van der Waals surface area contributed by atoms with E-state index in [2.05, 4.69) is 64.3 Å². The third kappa shape index (κ3) is 2.11. The first kappa shape index (κ1) is 13.6. The summed E-state index contributed by atoms with van der Waals surface area (Å²) in [6.07, 6.45) is 1.74. The number of nitrogens with zero attached hydrogens (tertiary/aromatic N) is 2. The Labute approximate surface area is 134 Å². The van der Waals surface area contributed by atoms with Gasteiger partial charge < -0.3 is 15.6 Å². The molecule has 23 heavy (non-hydrogen) atoms. The van der Waals surface area contributed by atoms with Gasteiger partial charge in [0.15, 0.2) is 5.82 Å². The lowest BCUT2D eigenvalue weighted by molar-refractivity contribution is 0.828. The molecule has 4 nitrogen and oxygen atoms in total. The second-order valence-corrected chi connectivity index (χ2v) is 5.53. The fourth-order valence-electron chi connectivity index (χ4n) is 3.19. The van der Waals surface area contributed by atoms with Crippen LogP contribution >= 0.6 is 0 Å². The molecule has 4 aromatic rings. The van der Waals surface area contributed by atoms with Gasteiger partial charge >= 0.3 is 0 Å². The van der Waals surface area contributed by atoms with Gasteiger partial charge in [-0.25, -0.2) is 4.98 Å². The minimum atomic E-state index is 0.642. The molecule has 4 heteroatoms. The van der Waals surface area contributed by atoms with Crippen molar-refractivity contribution in [2.24, 2.45) is 0 Å². The summed E-state index contributed by atoms with van der Waals surface area (Å²) in [6.45, 7) is 3.07. The molecular formula is C19H18N4. The van der Waals surface area contributed by atoms with Crippen molar-refractivity contribution < 1.29 is 0 Å². The van der Waals surface area contributed by atoms with E-state index < -0.39 is 0 Å². The molecule has 2 heterocycles. The minimum Gasteiger partial charge on any atom is -0.396 e. The van der Waals surface area contributed by atoms with Gasteiger partial charge in [-0.2, -0.15) is 0 Å². The number of nitrogen functional groups attached to an aromatic ring is 1. The predicted octanol–water partition coefficient (Wildman–Crippen LogP) is 4.54. The largest absolute Gasteiger partial charge is 0.396 e. The molecule has 0 fully saturated rings. The Bertz CT molecular complexity index is 1000. The highest BCUT2D eigenvalue weighted by Gasteiger charge is 2.13. The van der Waals surface area contributed by atoms with Crippen LogP contribution in [-0.2, 0) is 6.54 Å². The normalized spacial score (nSPS) is 11.2. The van der Waals surface area contributed by atoms with Crippen molar-refractivity contribution in [3.63, 3.8) is 0 Å². The third-order valence-corrected chi connectivity index (χ3v) is 4.20. The van der Waals surface area contributed by atoms with Crippen molar-refractivity contribution in [1.29, 1.82) is 0 Å². The number of aryl methyl sites for hydroxylation is 1. The van der Waals surface area contributed by atoms with Crippen molar-refractivity contribution in [3.8, 4) is 0 Å². The number of anilines is 3. The van der Waals surface area contributed by atoms with Gasteiger partial charge in [0.2, 0.25) is 0 Å². The Morgan fingerprint density at radius 3 is 2.65 bits per heavy atom. The maximum Gasteiger partial charge on any atom is 0.153 e. The van der Waals surface area contributed by atoms with Crippen LogP contribution in [0.15, 0.2) is 60.8 Å². The van der Waals surface area contributed by atoms with Crippen LogP contribution in [-0.4, -0.2) is 9.55 Å². The van der Waals surface area contributed by atoms with Crippen molar-refractivity contribution in [3.05, 3.63) is 60.8 Å². The summed E-state index contributed by atoms with van der Waals surface area (Å²) in [5, 5.41) is 5.90. The van der Waals surface area contributed by atoms with Gasteiger partial charge in [-0.1, -0.05) is 30.3 Å². The van der Waals surface area contributed by atoms with E-state index >= 15 is 0 Å². The first-order valence-electron chi connectivity index (χ1n) is 7.77. The number of aromatic nitrogens is 2. The lowest BCUT2D eigenvalue weighted by Gasteiger charge is -2.12. The van der Waals surface area contributed by atoms with Crippen LogP contribution in [0.1, 0.15) is 6.92 Å². The van der Waals surface area contributed by atoms with E-state index in [0.29, 0.717) is 11.5 Å². The molecule has 4 rings (SSSR count). The maximum atomic E-state index is 6.03. The maximum absolute atomic E-state index is 6.03. The van der Waals surface area contributed by atoms with Crippen LogP contribution in [0.25, 0.3) is 21.8 Å². The Morgan fingerprint density at radius 1 is 1.00 bits per heavy atom. The summed E-state index contributed by atoms with van der Waals surface area (Å²) in [6, 6.07) is 18.5. The topological polar surface area (TPSA) is 55.9 Å². The van der Waals surface area contributed by atoms with Gasteiger partial charge in [0.05, 0.1) is 16.9 Å². The first-order valence-corrected chi connectivity index (χ1v) is 7.77. The number of fused-ring (bicyclic) bond motifs is 3. The number of hydrogen-bond donors (Lipinski definition) is 2. The molecule has 2 aromatic heterocycles. The van der Waals surface area contributed by atoms with E-state index in [9.17, 15) is 0 Å². The Kier molecular flexibility index (Phi) is 3.15. The highest BCUT2D eigenvalue weighted by molar-refractivity contribution is 6.12. The van der Waals surface area contributed by atoms with E-state index in [1.165, 1.54) is 21.8 Å². The molecule has 0 amide bonds. The molecule has 0 saturated carbocycles. The van der Waals surface area contributed by atoms with Crippen molar-refractivity contribution in [2.75, 3.05) is 11.1 Å². The molecule has 2 aromatic carbocycles. The predicted molar refractivity (Wildman–Crippen MR) is 97.1 cm³/mol. The zero-order valence-electron chi connectivity index (χ0n) is 13.0. The SMILES string of the molecule is CCn1c2ccccc2c2cccc(Nc3ncccc3N)c21. The molecule has 3 N–H and O–H groups in total. The van der Waals surface area contributed by atoms with E-state index in [1.807, 2.05) is 12.1 Å². The lowest BCUT2D eigenvalue weighted by atomic mass is 10.1. The zero-order valence-corrected chi connectivity index (χ0v) is 13.0. The summed E-state index contributed by atoms with van der Waals surface area (Å²) in [7, 11) is 0. The average Bonchev–Trinajstić information content (AvgIpc) is 2.92. The Balaban J connectivity index is 1.99. The number of pyridine rings is 1. The van der Waals surface area contributed by atoms with Crippen LogP contribution in [0.5, 0.6) is 0 Å². The number of hydrogen-bond acceptors (Lipinski definition) is 3. The molecule has 0 spiro atoms. The molecule has 0 bridgehead atoms. The van der Waals surface area contributed by atoms with Gasteiger partial charge in [-0.3, -0.25) is 0 Å². The highest BCUT2D eigenvalue weighted by Crippen LogP contribution is 2.35.